The number of rotatable bonds is 7. The van der Waals surface area contributed by atoms with Crippen LogP contribution in [-0.4, -0.2) is 40.6 Å². The fraction of sp³-hybridized carbons (Fsp3) is 0.417. The van der Waals surface area contributed by atoms with Gasteiger partial charge in [0, 0.05) is 19.3 Å². The van der Waals surface area contributed by atoms with Gasteiger partial charge in [-0.3, -0.25) is 4.79 Å². The molecular formula is C12H20N4O4S. The van der Waals surface area contributed by atoms with Gasteiger partial charge >= 0.3 is 0 Å². The number of carbonyl (C=O) groups excluding carboxylic acids is 1. The second-order valence-corrected chi connectivity index (χ2v) is 5.98. The summed E-state index contributed by atoms with van der Waals surface area (Å²) in [5.41, 5.74) is 6.19. The maximum Gasteiger partial charge on any atom is 0.242 e. The van der Waals surface area contributed by atoms with E-state index in [1.165, 1.54) is 18.2 Å². The minimum Gasteiger partial charge on any atom is -0.398 e. The van der Waals surface area contributed by atoms with Crippen LogP contribution in [0.2, 0.25) is 0 Å². The van der Waals surface area contributed by atoms with Gasteiger partial charge in [-0.15, -0.1) is 0 Å². The first-order valence-corrected chi connectivity index (χ1v) is 7.76. The Bertz CT molecular complexity index is 603. The maximum absolute atomic E-state index is 11.8. The van der Waals surface area contributed by atoms with Crippen LogP contribution in [0.3, 0.4) is 0 Å². The molecule has 0 spiro atoms. The van der Waals surface area contributed by atoms with Crippen LogP contribution in [0.15, 0.2) is 23.1 Å². The molecule has 9 heteroatoms. The molecule has 0 aliphatic heterocycles. The van der Waals surface area contributed by atoms with E-state index in [0.717, 1.165) is 0 Å². The highest BCUT2D eigenvalue weighted by atomic mass is 32.2. The number of hydrogen-bond acceptors (Lipinski definition) is 6. The number of sulfonamides is 1. The monoisotopic (exact) mass is 316 g/mol. The number of ether oxygens (including phenoxy) is 1. The first-order chi connectivity index (χ1) is 9.75. The van der Waals surface area contributed by atoms with Crippen LogP contribution in [0.25, 0.3) is 0 Å². The minimum absolute atomic E-state index is 0.0227. The standard InChI is InChI=1S/C12H20N4O4S/c1-8(12(17)15-5-6-20-2)16-9-3-4-11(10(13)7-9)21(14,18)19/h3-4,7-8,16H,5-6,13H2,1-2H3,(H,15,17)(H2,14,18,19). The van der Waals surface area contributed by atoms with Crippen molar-refractivity contribution in [3.8, 4) is 0 Å². The topological polar surface area (TPSA) is 137 Å². The zero-order chi connectivity index (χ0) is 16.0. The summed E-state index contributed by atoms with van der Waals surface area (Å²) in [5.74, 6) is -0.207. The molecule has 1 atom stereocenters. The molecule has 0 bridgehead atoms. The van der Waals surface area contributed by atoms with Crippen molar-refractivity contribution in [1.29, 1.82) is 0 Å². The molecule has 1 rings (SSSR count). The zero-order valence-electron chi connectivity index (χ0n) is 11.9. The Hall–Kier alpha value is -1.84. The van der Waals surface area contributed by atoms with Gasteiger partial charge in [0.2, 0.25) is 15.9 Å². The summed E-state index contributed by atoms with van der Waals surface area (Å²) in [5, 5.41) is 10.6. The van der Waals surface area contributed by atoms with Crippen molar-refractivity contribution in [3.63, 3.8) is 0 Å². The van der Waals surface area contributed by atoms with E-state index in [-0.39, 0.29) is 16.5 Å². The molecule has 1 unspecified atom stereocenters. The fourth-order valence-electron chi connectivity index (χ4n) is 1.64. The van der Waals surface area contributed by atoms with E-state index in [2.05, 4.69) is 10.6 Å². The van der Waals surface area contributed by atoms with Crippen LogP contribution in [0.4, 0.5) is 11.4 Å². The Morgan fingerprint density at radius 3 is 2.62 bits per heavy atom. The molecule has 0 saturated carbocycles. The molecule has 0 heterocycles. The van der Waals surface area contributed by atoms with E-state index in [1.807, 2.05) is 0 Å². The van der Waals surface area contributed by atoms with Gasteiger partial charge in [0.15, 0.2) is 0 Å². The molecule has 118 valence electrons. The summed E-state index contributed by atoms with van der Waals surface area (Å²) in [6.07, 6.45) is 0. The van der Waals surface area contributed by atoms with Crippen LogP contribution in [0.5, 0.6) is 0 Å². The number of nitrogens with one attached hydrogen (secondary N) is 2. The predicted octanol–water partition coefficient (Wildman–Crippen LogP) is -0.521. The lowest BCUT2D eigenvalue weighted by molar-refractivity contribution is -0.121. The molecule has 8 nitrogen and oxygen atoms in total. The first-order valence-electron chi connectivity index (χ1n) is 6.21. The summed E-state index contributed by atoms with van der Waals surface area (Å²) >= 11 is 0. The molecule has 21 heavy (non-hydrogen) atoms. The quantitative estimate of drug-likeness (QED) is 0.394. The number of hydrogen-bond donors (Lipinski definition) is 4. The van der Waals surface area contributed by atoms with Gasteiger partial charge in [-0.25, -0.2) is 13.6 Å². The smallest absolute Gasteiger partial charge is 0.242 e. The van der Waals surface area contributed by atoms with E-state index in [1.54, 1.807) is 14.0 Å². The van der Waals surface area contributed by atoms with Crippen LogP contribution in [-0.2, 0) is 19.6 Å². The first kappa shape index (κ1) is 17.2. The van der Waals surface area contributed by atoms with Gasteiger partial charge in [-0.05, 0) is 25.1 Å². The van der Waals surface area contributed by atoms with Gasteiger partial charge in [-0.1, -0.05) is 0 Å². The highest BCUT2D eigenvalue weighted by molar-refractivity contribution is 7.89. The van der Waals surface area contributed by atoms with Crippen molar-refractivity contribution in [2.24, 2.45) is 5.14 Å². The molecule has 0 radical (unpaired) electrons. The number of carbonyl (C=O) groups is 1. The lowest BCUT2D eigenvalue weighted by Crippen LogP contribution is -2.39. The molecule has 0 aromatic heterocycles. The van der Waals surface area contributed by atoms with E-state index in [4.69, 9.17) is 15.6 Å². The predicted molar refractivity (Wildman–Crippen MR) is 80.2 cm³/mol. The number of primary sulfonamides is 1. The fourth-order valence-corrected chi connectivity index (χ4v) is 2.29. The van der Waals surface area contributed by atoms with Crippen molar-refractivity contribution >= 4 is 27.3 Å². The van der Waals surface area contributed by atoms with Crippen LogP contribution in [0, 0.1) is 0 Å². The minimum atomic E-state index is -3.86. The van der Waals surface area contributed by atoms with Crippen LogP contribution in [0.1, 0.15) is 6.92 Å². The molecule has 0 fully saturated rings. The van der Waals surface area contributed by atoms with Gasteiger partial charge in [0.1, 0.15) is 10.9 Å². The normalized spacial score (nSPS) is 12.7. The number of methoxy groups -OCH3 is 1. The molecule has 0 aliphatic carbocycles. The number of benzene rings is 1. The SMILES string of the molecule is COCCNC(=O)C(C)Nc1ccc(S(N)(=O)=O)c(N)c1. The van der Waals surface area contributed by atoms with Crippen molar-refractivity contribution in [2.45, 2.75) is 17.9 Å². The van der Waals surface area contributed by atoms with Gasteiger partial charge in [-0.2, -0.15) is 0 Å². The zero-order valence-corrected chi connectivity index (χ0v) is 12.7. The van der Waals surface area contributed by atoms with Crippen molar-refractivity contribution in [2.75, 3.05) is 31.3 Å². The Morgan fingerprint density at radius 2 is 2.10 bits per heavy atom. The lowest BCUT2D eigenvalue weighted by atomic mass is 10.2. The van der Waals surface area contributed by atoms with E-state index >= 15 is 0 Å². The van der Waals surface area contributed by atoms with Gasteiger partial charge < -0.3 is 21.1 Å². The van der Waals surface area contributed by atoms with Crippen molar-refractivity contribution in [1.82, 2.24) is 5.32 Å². The second kappa shape index (κ2) is 7.25. The summed E-state index contributed by atoms with van der Waals surface area (Å²) in [7, 11) is -2.31. The van der Waals surface area contributed by atoms with E-state index in [0.29, 0.717) is 18.8 Å². The Kier molecular flexibility index (Phi) is 5.94. The Balaban J connectivity index is 2.71. The van der Waals surface area contributed by atoms with Crippen molar-refractivity contribution in [3.05, 3.63) is 18.2 Å². The molecule has 6 N–H and O–H groups in total. The number of nitrogen functional groups attached to an aromatic ring is 1. The van der Waals surface area contributed by atoms with Gasteiger partial charge in [0.25, 0.3) is 0 Å². The highest BCUT2D eigenvalue weighted by Crippen LogP contribution is 2.21. The average Bonchev–Trinajstić information content (AvgIpc) is 2.37. The third-order valence-corrected chi connectivity index (χ3v) is 3.68. The highest BCUT2D eigenvalue weighted by Gasteiger charge is 2.15. The summed E-state index contributed by atoms with van der Waals surface area (Å²) in [6.45, 7) is 2.51. The molecular weight excluding hydrogens is 296 g/mol. The summed E-state index contributed by atoms with van der Waals surface area (Å²) in [6, 6.07) is 3.69. The summed E-state index contributed by atoms with van der Waals surface area (Å²) in [4.78, 5) is 11.6. The summed E-state index contributed by atoms with van der Waals surface area (Å²) < 4.78 is 27.3. The lowest BCUT2D eigenvalue weighted by Gasteiger charge is -2.16. The maximum atomic E-state index is 11.8. The molecule has 1 amide bonds. The molecule has 0 saturated heterocycles. The van der Waals surface area contributed by atoms with Crippen molar-refractivity contribution < 1.29 is 17.9 Å². The molecule has 1 aromatic rings. The van der Waals surface area contributed by atoms with Gasteiger partial charge in [0.05, 0.1) is 12.3 Å². The molecule has 0 aliphatic rings. The number of amides is 1. The third-order valence-electron chi connectivity index (χ3n) is 2.70. The van der Waals surface area contributed by atoms with Crippen LogP contribution < -0.4 is 21.5 Å². The average molecular weight is 316 g/mol. The third kappa shape index (κ3) is 5.21. The largest absolute Gasteiger partial charge is 0.398 e. The second-order valence-electron chi connectivity index (χ2n) is 4.45. The Labute approximate surface area is 123 Å². The number of nitrogens with two attached hydrogens (primary N) is 2. The Morgan fingerprint density at radius 1 is 1.43 bits per heavy atom. The molecule has 1 aromatic carbocycles. The van der Waals surface area contributed by atoms with E-state index in [9.17, 15) is 13.2 Å². The van der Waals surface area contributed by atoms with E-state index < -0.39 is 16.1 Å². The van der Waals surface area contributed by atoms with Crippen LogP contribution >= 0.6 is 0 Å². The number of anilines is 2.